The number of hydrogen-bond acceptors (Lipinski definition) is 14. The monoisotopic (exact) mass is 1590 g/mol. The average Bonchev–Trinajstić information content (AvgIpc) is 1.59. The number of aromatic nitrogens is 13. The fourth-order valence-electron chi connectivity index (χ4n) is 17.8. The molecule has 0 saturated carbocycles. The van der Waals surface area contributed by atoms with Crippen LogP contribution >= 0.6 is 0 Å². The molecule has 0 saturated heterocycles. The molecule has 16 nitrogen and oxygen atoms in total. The van der Waals surface area contributed by atoms with Gasteiger partial charge in [-0.3, -0.25) is 0 Å². The van der Waals surface area contributed by atoms with Crippen molar-refractivity contribution in [2.45, 2.75) is 6.23 Å². The van der Waals surface area contributed by atoms with Crippen LogP contribution in [-0.2, 0) is 0 Å². The second kappa shape index (κ2) is 28.3. The number of benzene rings is 15. The van der Waals surface area contributed by atoms with Gasteiger partial charge >= 0.3 is 0 Å². The molecular weight excluding hydrogens is 1530 g/mol. The van der Waals surface area contributed by atoms with Crippen LogP contribution in [0.15, 0.2) is 381 Å². The highest BCUT2D eigenvalue weighted by molar-refractivity contribution is 6.11. The van der Waals surface area contributed by atoms with Crippen molar-refractivity contribution in [3.05, 3.63) is 388 Å². The SMILES string of the molecule is C1=C(c2ccc3ccccc3c2)C=C2c3nc(-c4ccc(-c5nc(-c6ccc(-n7c8ccccc8c8ccccc87)cc6)nc(-c6cccc(-c7ccc8cc9cc(-c%10cnc%11oc%12cnc(-c%13ccc(-c%14nc(-c%15ccccc%15)nc(-c%15ccc(-n%16c%17ccccc%17c%17ccccc%17%16)cc%15)n%14)cc%13)nc%12c%11c%10)ccc9cc8c7)c6)n5)cc4)ncc3OC2N1. The number of allylic oxidation sites excluding steroid dienone is 2. The van der Waals surface area contributed by atoms with Crippen LogP contribution in [-0.4, -0.2) is 70.2 Å². The van der Waals surface area contributed by atoms with Crippen molar-refractivity contribution in [2.24, 2.45) is 0 Å². The zero-order chi connectivity index (χ0) is 81.5. The Balaban J connectivity index is 0.500. The summed E-state index contributed by atoms with van der Waals surface area (Å²) >= 11 is 0. The number of fused-ring (bicyclic) bond motifs is 15. The molecule has 0 amide bonds. The summed E-state index contributed by atoms with van der Waals surface area (Å²) in [4.78, 5) is 55.8. The second-order valence-electron chi connectivity index (χ2n) is 31.4. The normalized spacial score (nSPS) is 13.1. The molecule has 0 bridgehead atoms. The number of ether oxygens (including phenoxy) is 1. The molecule has 0 fully saturated rings. The second-order valence-corrected chi connectivity index (χ2v) is 31.4. The van der Waals surface area contributed by atoms with Gasteiger partial charge in [-0.05, 0) is 181 Å². The molecule has 16 heteroatoms. The Hall–Kier alpha value is -17.1. The Morgan fingerprint density at radius 1 is 0.266 bits per heavy atom. The Kier molecular flexibility index (Phi) is 16.0. The van der Waals surface area contributed by atoms with Crippen LogP contribution < -0.4 is 10.1 Å². The van der Waals surface area contributed by atoms with E-state index in [0.717, 1.165) is 150 Å². The van der Waals surface area contributed by atoms with Crippen molar-refractivity contribution in [3.8, 4) is 130 Å². The minimum Gasteiger partial charge on any atom is -0.463 e. The van der Waals surface area contributed by atoms with Gasteiger partial charge in [0.05, 0.1) is 39.8 Å². The molecule has 578 valence electrons. The van der Waals surface area contributed by atoms with Gasteiger partial charge in [0.25, 0.3) is 0 Å². The van der Waals surface area contributed by atoms with Crippen LogP contribution in [0.5, 0.6) is 5.75 Å². The summed E-state index contributed by atoms with van der Waals surface area (Å²) in [6.45, 7) is 0. The number of para-hydroxylation sites is 4. The summed E-state index contributed by atoms with van der Waals surface area (Å²) in [5, 5.41) is 15.9. The van der Waals surface area contributed by atoms with Gasteiger partial charge in [0.15, 0.2) is 64.2 Å². The van der Waals surface area contributed by atoms with Crippen LogP contribution in [0, 0.1) is 0 Å². The summed E-state index contributed by atoms with van der Waals surface area (Å²) in [7, 11) is 0. The number of rotatable bonds is 13. The summed E-state index contributed by atoms with van der Waals surface area (Å²) in [5.74, 6) is 5.06. The topological polar surface area (TPSA) is 186 Å². The zero-order valence-corrected chi connectivity index (χ0v) is 66.0. The predicted molar refractivity (Wildman–Crippen MR) is 495 cm³/mol. The molecule has 1 N–H and O–H groups in total. The summed E-state index contributed by atoms with van der Waals surface area (Å²) < 4.78 is 17.3. The fourth-order valence-corrected chi connectivity index (χ4v) is 17.8. The summed E-state index contributed by atoms with van der Waals surface area (Å²) in [6, 6.07) is 121. The fraction of sp³-hybridized carbons (Fsp3) is 0.00926. The molecule has 2 aliphatic heterocycles. The van der Waals surface area contributed by atoms with Crippen molar-refractivity contribution in [1.82, 2.24) is 69.3 Å². The maximum atomic E-state index is 6.34. The zero-order valence-electron chi connectivity index (χ0n) is 66.0. The third-order valence-electron chi connectivity index (χ3n) is 24.0. The highest BCUT2D eigenvalue weighted by atomic mass is 16.5. The molecule has 2 aliphatic rings. The average molecular weight is 1590 g/mol. The summed E-state index contributed by atoms with van der Waals surface area (Å²) in [5.41, 5.74) is 23.0. The van der Waals surface area contributed by atoms with Crippen molar-refractivity contribution in [3.63, 3.8) is 0 Å². The number of hydrogen-bond donors (Lipinski definition) is 1. The third-order valence-corrected chi connectivity index (χ3v) is 24.0. The number of nitrogens with one attached hydrogen (secondary N) is 1. The molecule has 25 rings (SSSR count). The Labute approximate surface area is 707 Å². The van der Waals surface area contributed by atoms with E-state index in [0.29, 0.717) is 69.2 Å². The first kappa shape index (κ1) is 70.0. The van der Waals surface area contributed by atoms with E-state index in [1.54, 1.807) is 12.4 Å². The first-order chi connectivity index (χ1) is 61.3. The molecule has 15 aromatic carbocycles. The van der Waals surface area contributed by atoms with Crippen molar-refractivity contribution in [2.75, 3.05) is 0 Å². The smallest absolute Gasteiger partial charge is 0.229 e. The molecule has 10 heterocycles. The van der Waals surface area contributed by atoms with Crippen molar-refractivity contribution < 1.29 is 9.15 Å². The molecule has 0 spiro atoms. The number of furan rings is 1. The van der Waals surface area contributed by atoms with Crippen molar-refractivity contribution >= 4 is 109 Å². The lowest BCUT2D eigenvalue weighted by Crippen LogP contribution is -2.30. The third kappa shape index (κ3) is 12.0. The molecule has 23 aromatic rings. The van der Waals surface area contributed by atoms with E-state index in [9.17, 15) is 0 Å². The molecule has 1 atom stereocenters. The standard InChI is InChI=1S/C108H64N14O2/c1-2-16-64(17-3-1)101-115-102(117-104(116-101)69-43-47-83(48-44-69)121-91-25-10-6-21-85(91)86-22-7-11-26-92(86)121)67-34-30-65(31-35-67)99-110-62-96-98(114-99)90-58-82(60-112-108(90)124-96)77-42-41-75-54-79-53-73(39-40-74(79)55-80(75)56-77)72-19-14-20-78(52-72)106-119-103(118-105(120-106)70-45-49-84(50-46-70)122-93-27-12-8-23-87(93)88-24-9-13-28-94(88)122)68-36-32-66(33-37-68)100-109-61-95-97(113-100)89-57-81(59-111-107(89)123-95)76-38-29-63-15-4-5-18-71(63)51-76/h1-62,107,111H. The van der Waals surface area contributed by atoms with Crippen molar-refractivity contribution in [1.29, 1.82) is 0 Å². The minimum absolute atomic E-state index is 0.372. The van der Waals surface area contributed by atoms with E-state index >= 15 is 0 Å². The maximum Gasteiger partial charge on any atom is 0.229 e. The highest BCUT2D eigenvalue weighted by Gasteiger charge is 2.33. The first-order valence-electron chi connectivity index (χ1n) is 41.2. The van der Waals surface area contributed by atoms with E-state index in [-0.39, 0.29) is 6.23 Å². The van der Waals surface area contributed by atoms with Gasteiger partial charge in [-0.15, -0.1) is 0 Å². The molecule has 0 radical (unpaired) electrons. The predicted octanol–water partition coefficient (Wildman–Crippen LogP) is 25.0. The molecule has 0 aliphatic carbocycles. The van der Waals surface area contributed by atoms with Gasteiger partial charge in [0.1, 0.15) is 11.2 Å². The molecule has 1 unspecified atom stereocenters. The van der Waals surface area contributed by atoms with Crippen LogP contribution in [0.2, 0.25) is 0 Å². The lowest BCUT2D eigenvalue weighted by atomic mass is 9.96. The molecule has 8 aromatic heterocycles. The van der Waals surface area contributed by atoms with E-state index in [4.69, 9.17) is 64.0 Å². The lowest BCUT2D eigenvalue weighted by molar-refractivity contribution is 0.253. The van der Waals surface area contributed by atoms with E-state index in [1.807, 2.05) is 91.3 Å². The van der Waals surface area contributed by atoms with Gasteiger partial charge < -0.3 is 23.6 Å². The van der Waals surface area contributed by atoms with Gasteiger partial charge in [0.2, 0.25) is 5.71 Å². The van der Waals surface area contributed by atoms with E-state index < -0.39 is 0 Å². The Morgan fingerprint density at radius 2 is 0.669 bits per heavy atom. The Morgan fingerprint density at radius 3 is 1.23 bits per heavy atom. The van der Waals surface area contributed by atoms with Gasteiger partial charge in [-0.1, -0.05) is 231 Å². The van der Waals surface area contributed by atoms with Gasteiger partial charge in [0, 0.05) is 101 Å². The highest BCUT2D eigenvalue weighted by Crippen LogP contribution is 2.43. The van der Waals surface area contributed by atoms with Crippen LogP contribution in [0.25, 0.3) is 234 Å². The van der Waals surface area contributed by atoms with Gasteiger partial charge in [-0.25, -0.2) is 54.8 Å². The maximum absolute atomic E-state index is 6.34. The Bertz CT molecular complexity index is 8320. The minimum atomic E-state index is -0.372. The van der Waals surface area contributed by atoms with Crippen LogP contribution in [0.4, 0.5) is 0 Å². The lowest BCUT2D eigenvalue weighted by Gasteiger charge is -2.19. The van der Waals surface area contributed by atoms with Gasteiger partial charge in [-0.2, -0.15) is 0 Å². The van der Waals surface area contributed by atoms with E-state index in [2.05, 4.69) is 287 Å². The number of dihydropyridines is 1. The number of nitrogens with zero attached hydrogens (tertiary/aromatic N) is 13. The largest absolute Gasteiger partial charge is 0.463 e. The molecular formula is C108H64N14O2. The summed E-state index contributed by atoms with van der Waals surface area (Å²) in [6.07, 6.45) is 9.17. The van der Waals surface area contributed by atoms with Crippen LogP contribution in [0.3, 0.4) is 0 Å². The van der Waals surface area contributed by atoms with E-state index in [1.165, 1.54) is 32.3 Å². The molecule has 124 heavy (non-hydrogen) atoms. The number of pyridine rings is 1. The quantitative estimate of drug-likeness (QED) is 0.107. The van der Waals surface area contributed by atoms with Crippen LogP contribution in [0.1, 0.15) is 11.3 Å². The first-order valence-corrected chi connectivity index (χ1v) is 41.2.